The molecule has 5 heteroatoms. The van der Waals surface area contributed by atoms with Crippen LogP contribution in [0.3, 0.4) is 0 Å². The molecule has 0 saturated heterocycles. The molecule has 0 aliphatic heterocycles. The van der Waals surface area contributed by atoms with Crippen LogP contribution in [0.1, 0.15) is 21.5 Å². The molecule has 0 aliphatic rings. The van der Waals surface area contributed by atoms with Crippen molar-refractivity contribution in [3.8, 4) is 11.8 Å². The Hall–Kier alpha value is -2.58. The molecule has 1 aromatic heterocycles. The summed E-state index contributed by atoms with van der Waals surface area (Å²) in [5.74, 6) is 4.37. The smallest absolute Gasteiger partial charge is 0.256 e. The maximum Gasteiger partial charge on any atom is 0.256 e. The summed E-state index contributed by atoms with van der Waals surface area (Å²) >= 11 is 0. The molecule has 108 valence electrons. The molecular formula is C16H15FN2O2. The highest BCUT2D eigenvalue weighted by Gasteiger charge is 2.16. The van der Waals surface area contributed by atoms with Gasteiger partial charge in [-0.3, -0.25) is 4.79 Å². The van der Waals surface area contributed by atoms with Gasteiger partial charge in [0.15, 0.2) is 0 Å². The zero-order valence-corrected chi connectivity index (χ0v) is 11.6. The third-order valence-corrected chi connectivity index (χ3v) is 2.88. The summed E-state index contributed by atoms with van der Waals surface area (Å²) in [7, 11) is 1.61. The van der Waals surface area contributed by atoms with E-state index >= 15 is 0 Å². The van der Waals surface area contributed by atoms with Gasteiger partial charge in [-0.1, -0.05) is 11.8 Å². The van der Waals surface area contributed by atoms with Gasteiger partial charge in [0.25, 0.3) is 5.91 Å². The number of carbonyl (C=O) groups excluding carboxylic acids is 1. The molecule has 0 saturated carbocycles. The first-order valence-electron chi connectivity index (χ1n) is 6.37. The zero-order chi connectivity index (χ0) is 15.2. The number of hydrogen-bond acceptors (Lipinski definition) is 3. The van der Waals surface area contributed by atoms with E-state index in [4.69, 9.17) is 10.2 Å². The summed E-state index contributed by atoms with van der Waals surface area (Å²) in [6, 6.07) is 6.03. The number of nitrogens with two attached hydrogens (primary N) is 1. The molecule has 0 spiro atoms. The van der Waals surface area contributed by atoms with E-state index < -0.39 is 11.7 Å². The number of halogens is 1. The van der Waals surface area contributed by atoms with Crippen LogP contribution in [0.15, 0.2) is 41.2 Å². The van der Waals surface area contributed by atoms with Crippen molar-refractivity contribution in [2.24, 2.45) is 5.73 Å². The number of nitrogens with zero attached hydrogens (tertiary/aromatic N) is 1. The van der Waals surface area contributed by atoms with Gasteiger partial charge < -0.3 is 15.1 Å². The molecule has 1 aromatic carbocycles. The van der Waals surface area contributed by atoms with Crippen LogP contribution in [0.5, 0.6) is 0 Å². The average Bonchev–Trinajstić information content (AvgIpc) is 2.97. The maximum absolute atomic E-state index is 14.0. The van der Waals surface area contributed by atoms with Crippen molar-refractivity contribution < 1.29 is 13.6 Å². The van der Waals surface area contributed by atoms with E-state index in [1.807, 2.05) is 0 Å². The zero-order valence-electron chi connectivity index (χ0n) is 11.6. The SMILES string of the molecule is CN(Cc1ccoc1)C(=O)c1ccc(C#CCN)cc1F. The number of hydrogen-bond donors (Lipinski definition) is 1. The Labute approximate surface area is 122 Å². The third kappa shape index (κ3) is 3.71. The Morgan fingerprint density at radius 3 is 2.86 bits per heavy atom. The Morgan fingerprint density at radius 2 is 2.24 bits per heavy atom. The molecule has 4 nitrogen and oxygen atoms in total. The Balaban J connectivity index is 2.15. The fraction of sp³-hybridized carbons (Fsp3) is 0.188. The number of furan rings is 1. The molecule has 0 bridgehead atoms. The summed E-state index contributed by atoms with van der Waals surface area (Å²) in [5.41, 5.74) is 6.61. The minimum atomic E-state index is -0.595. The lowest BCUT2D eigenvalue weighted by Crippen LogP contribution is -2.26. The van der Waals surface area contributed by atoms with Crippen LogP contribution >= 0.6 is 0 Å². The maximum atomic E-state index is 14.0. The highest BCUT2D eigenvalue weighted by atomic mass is 19.1. The quantitative estimate of drug-likeness (QED) is 0.878. The van der Waals surface area contributed by atoms with Crippen molar-refractivity contribution >= 4 is 5.91 Å². The molecule has 0 fully saturated rings. The lowest BCUT2D eigenvalue weighted by molar-refractivity contribution is 0.0780. The van der Waals surface area contributed by atoms with Gasteiger partial charge in [-0.05, 0) is 24.3 Å². The first-order valence-corrected chi connectivity index (χ1v) is 6.37. The van der Waals surface area contributed by atoms with E-state index in [2.05, 4.69) is 11.8 Å². The third-order valence-electron chi connectivity index (χ3n) is 2.88. The molecule has 1 heterocycles. The largest absolute Gasteiger partial charge is 0.472 e. The van der Waals surface area contributed by atoms with E-state index in [0.29, 0.717) is 12.1 Å². The summed E-state index contributed by atoms with van der Waals surface area (Å²) in [4.78, 5) is 13.6. The summed E-state index contributed by atoms with van der Waals surface area (Å²) < 4.78 is 18.9. The molecule has 21 heavy (non-hydrogen) atoms. The molecule has 1 amide bonds. The molecule has 0 radical (unpaired) electrons. The highest BCUT2D eigenvalue weighted by molar-refractivity contribution is 5.94. The monoisotopic (exact) mass is 286 g/mol. The number of rotatable bonds is 3. The normalized spacial score (nSPS) is 9.86. The van der Waals surface area contributed by atoms with Crippen LogP contribution < -0.4 is 5.73 Å². The van der Waals surface area contributed by atoms with Crippen molar-refractivity contribution in [1.29, 1.82) is 0 Å². The predicted octanol–water partition coefficient (Wildman–Crippen LogP) is 2.00. The van der Waals surface area contributed by atoms with E-state index in [9.17, 15) is 9.18 Å². The summed E-state index contributed by atoms with van der Waals surface area (Å²) in [5, 5.41) is 0. The second kappa shape index (κ2) is 6.73. The topological polar surface area (TPSA) is 59.5 Å². The Morgan fingerprint density at radius 1 is 1.43 bits per heavy atom. The van der Waals surface area contributed by atoms with Gasteiger partial charge >= 0.3 is 0 Å². The lowest BCUT2D eigenvalue weighted by atomic mass is 10.1. The van der Waals surface area contributed by atoms with Crippen molar-refractivity contribution in [2.45, 2.75) is 6.54 Å². The van der Waals surface area contributed by atoms with Gasteiger partial charge in [0.1, 0.15) is 5.82 Å². The van der Waals surface area contributed by atoms with Crippen molar-refractivity contribution in [3.05, 3.63) is 59.3 Å². The van der Waals surface area contributed by atoms with Crippen LogP contribution in [0, 0.1) is 17.7 Å². The average molecular weight is 286 g/mol. The van der Waals surface area contributed by atoms with Gasteiger partial charge in [0, 0.05) is 24.7 Å². The minimum absolute atomic E-state index is 0.0132. The molecular weight excluding hydrogens is 271 g/mol. The van der Waals surface area contributed by atoms with Gasteiger partial charge in [-0.2, -0.15) is 0 Å². The molecule has 2 N–H and O–H groups in total. The van der Waals surface area contributed by atoms with Crippen molar-refractivity contribution in [2.75, 3.05) is 13.6 Å². The van der Waals surface area contributed by atoms with Crippen LogP contribution in [-0.4, -0.2) is 24.4 Å². The van der Waals surface area contributed by atoms with Gasteiger partial charge in [-0.15, -0.1) is 0 Å². The predicted molar refractivity (Wildman–Crippen MR) is 76.8 cm³/mol. The van der Waals surface area contributed by atoms with E-state index in [0.717, 1.165) is 5.56 Å². The number of amides is 1. The first-order chi connectivity index (χ1) is 10.1. The second-order valence-corrected chi connectivity index (χ2v) is 4.49. The Kier molecular flexibility index (Phi) is 4.75. The highest BCUT2D eigenvalue weighted by Crippen LogP contribution is 2.14. The Bertz CT molecular complexity index is 684. The van der Waals surface area contributed by atoms with Gasteiger partial charge in [-0.25, -0.2) is 4.39 Å². The van der Waals surface area contributed by atoms with Crippen LogP contribution in [0.25, 0.3) is 0 Å². The van der Waals surface area contributed by atoms with Crippen LogP contribution in [-0.2, 0) is 6.54 Å². The standard InChI is InChI=1S/C16H15FN2O2/c1-19(10-13-6-8-21-11-13)16(20)14-5-4-12(3-2-7-18)9-15(14)17/h4-6,8-9,11H,7,10,18H2,1H3. The van der Waals surface area contributed by atoms with E-state index in [1.165, 1.54) is 23.3 Å². The van der Waals surface area contributed by atoms with Crippen LogP contribution in [0.4, 0.5) is 4.39 Å². The van der Waals surface area contributed by atoms with Gasteiger partial charge in [0.05, 0.1) is 24.6 Å². The second-order valence-electron chi connectivity index (χ2n) is 4.49. The first kappa shape index (κ1) is 14.8. The summed E-state index contributed by atoms with van der Waals surface area (Å²) in [6.45, 7) is 0.555. The number of carbonyl (C=O) groups is 1. The molecule has 2 rings (SSSR count). The number of benzene rings is 1. The van der Waals surface area contributed by atoms with Gasteiger partial charge in [0.2, 0.25) is 0 Å². The van der Waals surface area contributed by atoms with E-state index in [-0.39, 0.29) is 12.1 Å². The molecule has 0 atom stereocenters. The van der Waals surface area contributed by atoms with Crippen LogP contribution in [0.2, 0.25) is 0 Å². The summed E-state index contributed by atoms with van der Waals surface area (Å²) in [6.07, 6.45) is 3.07. The molecule has 0 aliphatic carbocycles. The van der Waals surface area contributed by atoms with Crippen molar-refractivity contribution in [3.63, 3.8) is 0 Å². The minimum Gasteiger partial charge on any atom is -0.472 e. The fourth-order valence-corrected chi connectivity index (χ4v) is 1.85. The fourth-order valence-electron chi connectivity index (χ4n) is 1.85. The molecule has 0 unspecified atom stereocenters. The van der Waals surface area contributed by atoms with E-state index in [1.54, 1.807) is 25.4 Å². The molecule has 2 aromatic rings. The van der Waals surface area contributed by atoms with Crippen molar-refractivity contribution in [1.82, 2.24) is 4.90 Å². The lowest BCUT2D eigenvalue weighted by Gasteiger charge is -2.16.